The summed E-state index contributed by atoms with van der Waals surface area (Å²) in [7, 11) is -2.04. The summed E-state index contributed by atoms with van der Waals surface area (Å²) >= 11 is 0. The highest BCUT2D eigenvalue weighted by atomic mass is 28.4. The number of hydrogen-bond donors (Lipinski definition) is 0. The molecule has 0 saturated heterocycles. The summed E-state index contributed by atoms with van der Waals surface area (Å²) in [6, 6.07) is 6.51. The van der Waals surface area contributed by atoms with Crippen LogP contribution in [0.2, 0.25) is 18.1 Å². The molecule has 19 heavy (non-hydrogen) atoms. The van der Waals surface area contributed by atoms with Gasteiger partial charge in [0.1, 0.15) is 12.1 Å². The zero-order valence-electron chi connectivity index (χ0n) is 12.4. The Bertz CT molecular complexity index is 438. The topological polar surface area (TPSA) is 26.3 Å². The van der Waals surface area contributed by atoms with Gasteiger partial charge in [-0.2, -0.15) is 0 Å². The second-order valence-electron chi connectivity index (χ2n) is 6.29. The van der Waals surface area contributed by atoms with Crippen molar-refractivity contribution in [2.75, 3.05) is 0 Å². The van der Waals surface area contributed by atoms with E-state index in [0.29, 0.717) is 5.56 Å². The normalized spacial score (nSPS) is 14.2. The number of carbonyl (C=O) groups is 1. The van der Waals surface area contributed by atoms with Gasteiger partial charge in [0.25, 0.3) is 0 Å². The quantitative estimate of drug-likeness (QED) is 0.588. The molecule has 1 unspecified atom stereocenters. The summed E-state index contributed by atoms with van der Waals surface area (Å²) in [6.07, 6.45) is 0.497. The maximum absolute atomic E-state index is 13.9. The lowest BCUT2D eigenvalue weighted by atomic mass is 10.1. The molecule has 4 heteroatoms. The maximum atomic E-state index is 13.9. The van der Waals surface area contributed by atoms with Gasteiger partial charge in [-0.25, -0.2) is 4.39 Å². The zero-order valence-corrected chi connectivity index (χ0v) is 13.4. The first-order valence-corrected chi connectivity index (χ1v) is 9.46. The molecule has 1 atom stereocenters. The summed E-state index contributed by atoms with van der Waals surface area (Å²) < 4.78 is 20.0. The van der Waals surface area contributed by atoms with Crippen molar-refractivity contribution in [2.45, 2.75) is 51.4 Å². The van der Waals surface area contributed by atoms with Crippen molar-refractivity contribution in [1.29, 1.82) is 0 Å². The molecule has 0 N–H and O–H groups in total. The largest absolute Gasteiger partial charge is 0.409 e. The van der Waals surface area contributed by atoms with Crippen LogP contribution in [0.5, 0.6) is 0 Å². The number of halogens is 1. The van der Waals surface area contributed by atoms with E-state index < -0.39 is 14.4 Å². The molecule has 0 fully saturated rings. The predicted octanol–water partition coefficient (Wildman–Crippen LogP) is 4.48. The van der Waals surface area contributed by atoms with Gasteiger partial charge >= 0.3 is 0 Å². The molecule has 0 aliphatic rings. The molecular formula is C15H23FO2Si. The Labute approximate surface area is 116 Å². The lowest BCUT2D eigenvalue weighted by molar-refractivity contribution is -0.109. The van der Waals surface area contributed by atoms with E-state index in [9.17, 15) is 9.18 Å². The van der Waals surface area contributed by atoms with Crippen LogP contribution in [-0.2, 0) is 9.22 Å². The minimum atomic E-state index is -2.04. The summed E-state index contributed by atoms with van der Waals surface area (Å²) in [5.74, 6) is -0.312. The highest BCUT2D eigenvalue weighted by molar-refractivity contribution is 6.74. The Morgan fingerprint density at radius 1 is 1.32 bits per heavy atom. The van der Waals surface area contributed by atoms with Gasteiger partial charge in [0.15, 0.2) is 8.32 Å². The summed E-state index contributed by atoms with van der Waals surface area (Å²) in [5.41, 5.74) is 0.472. The fourth-order valence-corrected chi connectivity index (χ4v) is 2.88. The van der Waals surface area contributed by atoms with Crippen LogP contribution < -0.4 is 0 Å². The van der Waals surface area contributed by atoms with E-state index in [1.54, 1.807) is 18.2 Å². The Morgan fingerprint density at radius 2 is 1.89 bits per heavy atom. The number of aldehydes is 1. The highest BCUT2D eigenvalue weighted by Crippen LogP contribution is 2.40. The molecule has 106 valence electrons. The van der Waals surface area contributed by atoms with Crippen LogP contribution in [0.1, 0.15) is 38.9 Å². The van der Waals surface area contributed by atoms with E-state index in [0.717, 1.165) is 6.29 Å². The molecule has 1 aromatic rings. The van der Waals surface area contributed by atoms with E-state index >= 15 is 0 Å². The lowest BCUT2D eigenvalue weighted by Gasteiger charge is -2.39. The second kappa shape index (κ2) is 5.97. The van der Waals surface area contributed by atoms with Crippen LogP contribution in [0.15, 0.2) is 24.3 Å². The van der Waals surface area contributed by atoms with Crippen LogP contribution in [0.25, 0.3) is 0 Å². The molecule has 0 radical (unpaired) electrons. The molecule has 0 saturated carbocycles. The number of hydrogen-bond acceptors (Lipinski definition) is 2. The third kappa shape index (κ3) is 3.98. The summed E-state index contributed by atoms with van der Waals surface area (Å²) in [5, 5.41) is 0.0272. The molecule has 2 nitrogen and oxygen atoms in total. The van der Waals surface area contributed by atoms with Crippen molar-refractivity contribution in [3.63, 3.8) is 0 Å². The Kier molecular flexibility index (Phi) is 5.04. The minimum Gasteiger partial charge on any atom is -0.409 e. The van der Waals surface area contributed by atoms with Crippen LogP contribution in [0.3, 0.4) is 0 Å². The van der Waals surface area contributed by atoms with Gasteiger partial charge in [-0.15, -0.1) is 0 Å². The molecule has 1 rings (SSSR count). The monoisotopic (exact) mass is 282 g/mol. The zero-order chi connectivity index (χ0) is 14.7. The Balaban J connectivity index is 3.04. The van der Waals surface area contributed by atoms with Gasteiger partial charge in [0, 0.05) is 12.0 Å². The van der Waals surface area contributed by atoms with Gasteiger partial charge in [0.05, 0.1) is 6.10 Å². The van der Waals surface area contributed by atoms with Crippen molar-refractivity contribution >= 4 is 14.6 Å². The van der Waals surface area contributed by atoms with Crippen LogP contribution in [0, 0.1) is 5.82 Å². The number of carbonyl (C=O) groups excluding carboxylic acids is 1. The average molecular weight is 282 g/mol. The molecule has 0 heterocycles. The van der Waals surface area contributed by atoms with Crippen molar-refractivity contribution < 1.29 is 13.6 Å². The third-order valence-corrected chi connectivity index (χ3v) is 8.29. The second-order valence-corrected chi connectivity index (χ2v) is 11.0. The molecule has 0 amide bonds. The standard InChI is InChI=1S/C15H23FO2Si/c1-15(2,3)19(4,5)18-14(10-11-17)12-8-6-7-9-13(12)16/h6-9,11,14H,10H2,1-5H3. The molecule has 0 aliphatic carbocycles. The third-order valence-electron chi connectivity index (χ3n) is 3.81. The Morgan fingerprint density at radius 3 is 2.37 bits per heavy atom. The van der Waals surface area contributed by atoms with Crippen molar-refractivity contribution in [1.82, 2.24) is 0 Å². The van der Waals surface area contributed by atoms with Crippen LogP contribution in [0.4, 0.5) is 4.39 Å². The average Bonchev–Trinajstić information content (AvgIpc) is 2.27. The van der Waals surface area contributed by atoms with Gasteiger partial charge in [-0.3, -0.25) is 0 Å². The lowest BCUT2D eigenvalue weighted by Crippen LogP contribution is -2.42. The van der Waals surface area contributed by atoms with Gasteiger partial charge in [-0.05, 0) is 24.2 Å². The summed E-state index contributed by atoms with van der Waals surface area (Å²) in [4.78, 5) is 10.8. The minimum absolute atomic E-state index is 0.0272. The maximum Gasteiger partial charge on any atom is 0.192 e. The van der Waals surface area contributed by atoms with Gasteiger partial charge < -0.3 is 9.22 Å². The summed E-state index contributed by atoms with van der Waals surface area (Å²) in [6.45, 7) is 10.6. The molecule has 1 aromatic carbocycles. The van der Waals surface area contributed by atoms with E-state index in [-0.39, 0.29) is 17.3 Å². The molecular weight excluding hydrogens is 259 g/mol. The van der Waals surface area contributed by atoms with Crippen LogP contribution in [-0.4, -0.2) is 14.6 Å². The van der Waals surface area contributed by atoms with Crippen molar-refractivity contribution in [3.05, 3.63) is 35.6 Å². The van der Waals surface area contributed by atoms with Crippen LogP contribution >= 0.6 is 0 Å². The van der Waals surface area contributed by atoms with Crippen molar-refractivity contribution in [2.24, 2.45) is 0 Å². The fourth-order valence-electron chi connectivity index (χ4n) is 1.59. The van der Waals surface area contributed by atoms with E-state index in [4.69, 9.17) is 4.43 Å². The van der Waals surface area contributed by atoms with E-state index in [1.807, 2.05) is 0 Å². The molecule has 0 bridgehead atoms. The first-order valence-electron chi connectivity index (χ1n) is 6.55. The SMILES string of the molecule is CC(C)(C)[Si](C)(C)OC(CC=O)c1ccccc1F. The van der Waals surface area contributed by atoms with Gasteiger partial charge in [-0.1, -0.05) is 39.0 Å². The number of rotatable bonds is 5. The fraction of sp³-hybridized carbons (Fsp3) is 0.533. The van der Waals surface area contributed by atoms with E-state index in [1.165, 1.54) is 6.07 Å². The van der Waals surface area contributed by atoms with Crippen molar-refractivity contribution in [3.8, 4) is 0 Å². The highest BCUT2D eigenvalue weighted by Gasteiger charge is 2.39. The first kappa shape index (κ1) is 16.1. The molecule has 0 aliphatic heterocycles. The molecule has 0 aromatic heterocycles. The molecule has 0 spiro atoms. The number of benzene rings is 1. The van der Waals surface area contributed by atoms with E-state index in [2.05, 4.69) is 33.9 Å². The van der Waals surface area contributed by atoms with Gasteiger partial charge in [0.2, 0.25) is 0 Å². The Hall–Kier alpha value is -1.00. The smallest absolute Gasteiger partial charge is 0.192 e. The predicted molar refractivity (Wildman–Crippen MR) is 78.1 cm³/mol. The first-order chi connectivity index (χ1) is 8.69.